The van der Waals surface area contributed by atoms with Gasteiger partial charge in [0.25, 0.3) is 0 Å². The number of hydrogen-bond donors (Lipinski definition) is 1. The fraction of sp³-hybridized carbons (Fsp3) is 0.923. The molecule has 4 nitrogen and oxygen atoms in total. The maximum absolute atomic E-state index is 12.4. The maximum atomic E-state index is 12.4. The van der Waals surface area contributed by atoms with Gasteiger partial charge in [0.2, 0.25) is 0 Å². The molecule has 30 heavy (non-hydrogen) atoms. The highest BCUT2D eigenvalue weighted by molar-refractivity contribution is 5.81. The number of carboxylic acid groups (broad SMARTS) is 1. The molecule has 0 spiro atoms. The summed E-state index contributed by atoms with van der Waals surface area (Å²) >= 11 is 0. The first kappa shape index (κ1) is 27.0. The number of carbonyl (C=O) groups excluding carboxylic acids is 1. The first-order chi connectivity index (χ1) is 14.4. The van der Waals surface area contributed by atoms with Crippen molar-refractivity contribution >= 4 is 11.9 Å². The van der Waals surface area contributed by atoms with Crippen LogP contribution < -0.4 is 0 Å². The number of ether oxygens (including phenoxy) is 1. The summed E-state index contributed by atoms with van der Waals surface area (Å²) in [5, 5.41) is 9.33. The van der Waals surface area contributed by atoms with E-state index in [1.807, 2.05) is 6.92 Å². The van der Waals surface area contributed by atoms with Crippen molar-refractivity contribution in [2.45, 2.75) is 136 Å². The minimum atomic E-state index is -0.851. The van der Waals surface area contributed by atoms with Gasteiger partial charge >= 0.3 is 11.9 Å². The van der Waals surface area contributed by atoms with Crippen LogP contribution in [0, 0.1) is 17.8 Å². The van der Waals surface area contributed by atoms with Gasteiger partial charge in [-0.05, 0) is 38.5 Å². The number of esters is 1. The van der Waals surface area contributed by atoms with E-state index in [0.717, 1.165) is 31.6 Å². The molecule has 1 rings (SSSR count). The number of unbranched alkanes of at least 4 members (excludes halogenated alkanes) is 10. The smallest absolute Gasteiger partial charge is 0.310 e. The van der Waals surface area contributed by atoms with E-state index in [1.165, 1.54) is 70.6 Å². The standard InChI is InChI=1S/C26H48O4/c1-21(2)17-13-11-9-7-5-4-6-8-10-12-14-18-22(3)30-26(29)24-20-16-15-19-23(24)25(27)28/h21-24H,4-20H2,1-3H3,(H,27,28). The number of aliphatic carboxylic acids is 1. The summed E-state index contributed by atoms with van der Waals surface area (Å²) in [6, 6.07) is 0. The van der Waals surface area contributed by atoms with Crippen molar-refractivity contribution in [3.8, 4) is 0 Å². The van der Waals surface area contributed by atoms with Crippen molar-refractivity contribution in [3.63, 3.8) is 0 Å². The number of rotatable bonds is 17. The van der Waals surface area contributed by atoms with E-state index >= 15 is 0 Å². The summed E-state index contributed by atoms with van der Waals surface area (Å²) in [6.07, 6.45) is 19.8. The van der Waals surface area contributed by atoms with Crippen molar-refractivity contribution in [2.75, 3.05) is 0 Å². The molecule has 0 heterocycles. The van der Waals surface area contributed by atoms with Gasteiger partial charge in [0, 0.05) is 0 Å². The first-order valence-electron chi connectivity index (χ1n) is 12.8. The van der Waals surface area contributed by atoms with E-state index in [2.05, 4.69) is 13.8 Å². The van der Waals surface area contributed by atoms with Gasteiger partial charge in [-0.25, -0.2) is 0 Å². The monoisotopic (exact) mass is 424 g/mol. The zero-order valence-corrected chi connectivity index (χ0v) is 20.0. The first-order valence-corrected chi connectivity index (χ1v) is 12.8. The zero-order valence-electron chi connectivity index (χ0n) is 20.0. The molecule has 1 aliphatic carbocycles. The van der Waals surface area contributed by atoms with Crippen LogP contribution in [0.15, 0.2) is 0 Å². The minimum absolute atomic E-state index is 0.107. The lowest BCUT2D eigenvalue weighted by Crippen LogP contribution is -2.35. The Morgan fingerprint density at radius 3 is 1.63 bits per heavy atom. The summed E-state index contributed by atoms with van der Waals surface area (Å²) in [5.74, 6) is -1.30. The summed E-state index contributed by atoms with van der Waals surface area (Å²) < 4.78 is 5.58. The fourth-order valence-corrected chi connectivity index (χ4v) is 4.63. The largest absolute Gasteiger partial charge is 0.481 e. The highest BCUT2D eigenvalue weighted by Crippen LogP contribution is 2.31. The molecular weight excluding hydrogens is 376 g/mol. The van der Waals surface area contributed by atoms with Crippen LogP contribution in [0.5, 0.6) is 0 Å². The van der Waals surface area contributed by atoms with Crippen molar-refractivity contribution in [3.05, 3.63) is 0 Å². The lowest BCUT2D eigenvalue weighted by Gasteiger charge is -2.28. The average molecular weight is 425 g/mol. The van der Waals surface area contributed by atoms with Crippen LogP contribution in [0.2, 0.25) is 0 Å². The molecule has 0 aromatic rings. The van der Waals surface area contributed by atoms with E-state index in [0.29, 0.717) is 12.8 Å². The molecule has 0 bridgehead atoms. The van der Waals surface area contributed by atoms with Gasteiger partial charge in [-0.2, -0.15) is 0 Å². The summed E-state index contributed by atoms with van der Waals surface area (Å²) in [7, 11) is 0. The van der Waals surface area contributed by atoms with Crippen LogP contribution in [-0.4, -0.2) is 23.1 Å². The second-order valence-electron chi connectivity index (χ2n) is 9.94. The highest BCUT2D eigenvalue weighted by Gasteiger charge is 2.37. The second-order valence-corrected chi connectivity index (χ2v) is 9.94. The topological polar surface area (TPSA) is 63.6 Å². The fourth-order valence-electron chi connectivity index (χ4n) is 4.63. The Bertz CT molecular complexity index is 460. The van der Waals surface area contributed by atoms with Crippen LogP contribution in [0.3, 0.4) is 0 Å². The lowest BCUT2D eigenvalue weighted by atomic mass is 9.79. The summed E-state index contributed by atoms with van der Waals surface area (Å²) in [5.41, 5.74) is 0. The molecule has 4 heteroatoms. The predicted molar refractivity (Wildman–Crippen MR) is 123 cm³/mol. The molecule has 1 aliphatic rings. The molecule has 0 amide bonds. The highest BCUT2D eigenvalue weighted by atomic mass is 16.5. The van der Waals surface area contributed by atoms with Gasteiger partial charge in [-0.3, -0.25) is 9.59 Å². The Labute approximate surface area is 185 Å². The van der Waals surface area contributed by atoms with E-state index in [4.69, 9.17) is 4.74 Å². The predicted octanol–water partition coefficient (Wildman–Crippen LogP) is 7.54. The molecule has 1 fully saturated rings. The third-order valence-corrected chi connectivity index (χ3v) is 6.60. The maximum Gasteiger partial charge on any atom is 0.310 e. The minimum Gasteiger partial charge on any atom is -0.481 e. The van der Waals surface area contributed by atoms with Crippen molar-refractivity contribution in [1.82, 2.24) is 0 Å². The molecule has 0 aliphatic heterocycles. The van der Waals surface area contributed by atoms with Crippen molar-refractivity contribution in [1.29, 1.82) is 0 Å². The molecule has 3 atom stereocenters. The normalized spacial score (nSPS) is 20.3. The molecular formula is C26H48O4. The summed E-state index contributed by atoms with van der Waals surface area (Å²) in [6.45, 7) is 6.56. The Balaban J connectivity index is 1.96. The van der Waals surface area contributed by atoms with Crippen LogP contribution in [0.25, 0.3) is 0 Å². The Morgan fingerprint density at radius 2 is 1.17 bits per heavy atom. The third-order valence-electron chi connectivity index (χ3n) is 6.60. The Hall–Kier alpha value is -1.06. The zero-order chi connectivity index (χ0) is 22.2. The quantitative estimate of drug-likeness (QED) is 0.193. The Morgan fingerprint density at radius 1 is 0.733 bits per heavy atom. The van der Waals surface area contributed by atoms with E-state index in [-0.39, 0.29) is 12.1 Å². The number of carbonyl (C=O) groups is 2. The third kappa shape index (κ3) is 12.6. The number of carboxylic acids is 1. The van der Waals surface area contributed by atoms with Crippen LogP contribution in [0.4, 0.5) is 0 Å². The van der Waals surface area contributed by atoms with Gasteiger partial charge in [0.15, 0.2) is 0 Å². The van der Waals surface area contributed by atoms with Crippen LogP contribution >= 0.6 is 0 Å². The van der Waals surface area contributed by atoms with Gasteiger partial charge in [-0.15, -0.1) is 0 Å². The van der Waals surface area contributed by atoms with Gasteiger partial charge in [0.05, 0.1) is 17.9 Å². The van der Waals surface area contributed by atoms with Gasteiger partial charge < -0.3 is 9.84 Å². The molecule has 176 valence electrons. The molecule has 0 radical (unpaired) electrons. The van der Waals surface area contributed by atoms with Gasteiger partial charge in [-0.1, -0.05) is 97.3 Å². The SMILES string of the molecule is CC(C)CCCCCCCCCCCCCC(C)OC(=O)C1CCCCC1C(=O)O. The molecule has 3 unspecified atom stereocenters. The van der Waals surface area contributed by atoms with E-state index < -0.39 is 17.8 Å². The molecule has 0 aromatic carbocycles. The van der Waals surface area contributed by atoms with Crippen molar-refractivity contribution in [2.24, 2.45) is 17.8 Å². The Kier molecular flexibility index (Phi) is 14.9. The van der Waals surface area contributed by atoms with Gasteiger partial charge in [0.1, 0.15) is 0 Å². The number of hydrogen-bond acceptors (Lipinski definition) is 3. The average Bonchev–Trinajstić information content (AvgIpc) is 2.71. The molecule has 0 saturated heterocycles. The lowest BCUT2D eigenvalue weighted by molar-refractivity contribution is -0.163. The molecule has 0 aromatic heterocycles. The van der Waals surface area contributed by atoms with Crippen LogP contribution in [-0.2, 0) is 14.3 Å². The second kappa shape index (κ2) is 16.6. The molecule has 1 N–H and O–H groups in total. The van der Waals surface area contributed by atoms with Crippen LogP contribution in [0.1, 0.15) is 130 Å². The van der Waals surface area contributed by atoms with E-state index in [1.54, 1.807) is 0 Å². The van der Waals surface area contributed by atoms with E-state index in [9.17, 15) is 14.7 Å². The molecule has 1 saturated carbocycles. The van der Waals surface area contributed by atoms with Crippen molar-refractivity contribution < 1.29 is 19.4 Å². The summed E-state index contributed by atoms with van der Waals surface area (Å²) in [4.78, 5) is 23.8.